The molecule has 0 spiro atoms. The third kappa shape index (κ3) is 6.59. The molecule has 2 unspecified atom stereocenters. The molecule has 2 atom stereocenters. The molecule has 0 saturated heterocycles. The first-order chi connectivity index (χ1) is 31.5. The van der Waals surface area contributed by atoms with Crippen molar-refractivity contribution in [2.75, 3.05) is 0 Å². The van der Waals surface area contributed by atoms with E-state index in [0.717, 1.165) is 68.6 Å². The number of aliphatic imine (C=N–C) groups is 2. The smallest absolute Gasteiger partial charge is 0.136 e. The highest BCUT2D eigenvalue weighted by molar-refractivity contribution is 7.25. The van der Waals surface area contributed by atoms with Gasteiger partial charge >= 0.3 is 0 Å². The number of nitrogens with zero attached hydrogens (tertiary/aromatic N) is 3. The Labute approximate surface area is 375 Å². The number of thiophene rings is 1. The van der Waals surface area contributed by atoms with Crippen LogP contribution in [0.4, 0.5) is 0 Å². The first-order valence-corrected chi connectivity index (χ1v) is 22.9. The van der Waals surface area contributed by atoms with Gasteiger partial charge in [0.1, 0.15) is 17.0 Å². The summed E-state index contributed by atoms with van der Waals surface area (Å²) in [4.78, 5) is 10.2. The molecule has 4 nitrogen and oxygen atoms in total. The zero-order chi connectivity index (χ0) is 42.7. The van der Waals surface area contributed by atoms with Crippen LogP contribution in [0, 0.1) is 5.92 Å². The van der Waals surface area contributed by atoms with Crippen molar-refractivity contribution in [2.45, 2.75) is 25.7 Å². The number of furan rings is 1. The fourth-order valence-corrected chi connectivity index (χ4v) is 10.9. The van der Waals surface area contributed by atoms with E-state index in [1.165, 1.54) is 52.9 Å². The van der Waals surface area contributed by atoms with E-state index in [1.54, 1.807) is 0 Å². The van der Waals surface area contributed by atoms with Gasteiger partial charge in [0.25, 0.3) is 0 Å². The Morgan fingerprint density at radius 2 is 1.48 bits per heavy atom. The van der Waals surface area contributed by atoms with E-state index in [1.807, 2.05) is 36.5 Å². The van der Waals surface area contributed by atoms with Gasteiger partial charge in [-0.25, -0.2) is 9.98 Å². The van der Waals surface area contributed by atoms with Gasteiger partial charge in [0.15, 0.2) is 0 Å². The van der Waals surface area contributed by atoms with E-state index in [0.29, 0.717) is 5.70 Å². The van der Waals surface area contributed by atoms with Gasteiger partial charge in [-0.2, -0.15) is 0 Å². The normalized spacial score (nSPS) is 16.5. The summed E-state index contributed by atoms with van der Waals surface area (Å²) in [7, 11) is 0. The monoisotopic (exact) mass is 841 g/mol. The average molecular weight is 842 g/mol. The number of hydrogen-bond acceptors (Lipinski definition) is 3. The molecule has 64 heavy (non-hydrogen) atoms. The molecule has 0 fully saturated rings. The van der Waals surface area contributed by atoms with Crippen molar-refractivity contribution >= 4 is 93.7 Å². The molecule has 2 aliphatic rings. The highest BCUT2D eigenvalue weighted by Crippen LogP contribution is 2.40. The minimum absolute atomic E-state index is 0.0641. The molecule has 0 amide bonds. The van der Waals surface area contributed by atoms with Crippen molar-refractivity contribution in [1.29, 1.82) is 0 Å². The van der Waals surface area contributed by atoms with Crippen LogP contribution >= 0.6 is 11.3 Å². The molecule has 306 valence electrons. The number of hydrogen-bond donors (Lipinski definition) is 0. The predicted molar refractivity (Wildman–Crippen MR) is 272 cm³/mol. The zero-order valence-electron chi connectivity index (χ0n) is 35.4. The summed E-state index contributed by atoms with van der Waals surface area (Å²) in [6, 6.07) is 56.4. The Balaban J connectivity index is 0.947. The van der Waals surface area contributed by atoms with Crippen molar-refractivity contribution in [2.24, 2.45) is 15.9 Å². The van der Waals surface area contributed by atoms with E-state index in [9.17, 15) is 0 Å². The van der Waals surface area contributed by atoms with Gasteiger partial charge < -0.3 is 8.98 Å². The minimum Gasteiger partial charge on any atom is -0.456 e. The van der Waals surface area contributed by atoms with Gasteiger partial charge in [-0.15, -0.1) is 11.3 Å². The Morgan fingerprint density at radius 1 is 0.672 bits per heavy atom. The lowest BCUT2D eigenvalue weighted by Gasteiger charge is -2.15. The first-order valence-electron chi connectivity index (χ1n) is 22.0. The van der Waals surface area contributed by atoms with E-state index < -0.39 is 0 Å². The van der Waals surface area contributed by atoms with Gasteiger partial charge in [0.05, 0.1) is 11.2 Å². The Hall–Kier alpha value is -7.60. The van der Waals surface area contributed by atoms with Crippen LogP contribution < -0.4 is 10.6 Å². The summed E-state index contributed by atoms with van der Waals surface area (Å²) in [5.41, 5.74) is 11.3. The molecule has 5 heteroatoms. The number of allylic oxidation sites excluding steroid dienone is 3. The number of benzene rings is 7. The molecule has 2 aliphatic carbocycles. The van der Waals surface area contributed by atoms with Crippen LogP contribution in [0.5, 0.6) is 0 Å². The average Bonchev–Trinajstić information content (AvgIpc) is 4.02. The summed E-state index contributed by atoms with van der Waals surface area (Å²) in [6.45, 7) is 6.54. The molecule has 0 radical (unpaired) electrons. The molecule has 3 heterocycles. The van der Waals surface area contributed by atoms with Crippen LogP contribution in [0.1, 0.15) is 42.4 Å². The topological polar surface area (TPSA) is 42.8 Å². The van der Waals surface area contributed by atoms with Crippen LogP contribution in [0.3, 0.4) is 0 Å². The summed E-state index contributed by atoms with van der Waals surface area (Å²) < 4.78 is 11.7. The zero-order valence-corrected chi connectivity index (χ0v) is 36.2. The van der Waals surface area contributed by atoms with Crippen LogP contribution in [-0.2, 0) is 0 Å². The second-order valence-electron chi connectivity index (χ2n) is 16.9. The highest BCUT2D eigenvalue weighted by atomic mass is 32.1. The van der Waals surface area contributed by atoms with Crippen LogP contribution in [0.15, 0.2) is 203 Å². The van der Waals surface area contributed by atoms with Gasteiger partial charge in [-0.3, -0.25) is 0 Å². The van der Waals surface area contributed by atoms with Crippen molar-refractivity contribution in [3.05, 3.63) is 216 Å². The molecule has 7 aromatic carbocycles. The fourth-order valence-electron chi connectivity index (χ4n) is 9.78. The number of fused-ring (bicyclic) bond motifs is 9. The molecular weight excluding hydrogens is 799 g/mol. The summed E-state index contributed by atoms with van der Waals surface area (Å²) in [5.74, 6) is 1.02. The molecule has 3 aromatic heterocycles. The van der Waals surface area contributed by atoms with Crippen molar-refractivity contribution < 1.29 is 4.42 Å². The van der Waals surface area contributed by atoms with Crippen LogP contribution in [0.25, 0.3) is 87.7 Å². The van der Waals surface area contributed by atoms with Gasteiger partial charge in [0, 0.05) is 75.7 Å². The second-order valence-corrected chi connectivity index (χ2v) is 18.0. The summed E-state index contributed by atoms with van der Waals surface area (Å²) in [6.07, 6.45) is 15.2. The number of rotatable bonds is 7. The van der Waals surface area contributed by atoms with Gasteiger partial charge in [-0.05, 0) is 96.6 Å². The minimum atomic E-state index is 0.0641. The number of amidine groups is 1. The van der Waals surface area contributed by atoms with Crippen molar-refractivity contribution in [3.63, 3.8) is 0 Å². The maximum absolute atomic E-state index is 6.58. The first kappa shape index (κ1) is 38.1. The van der Waals surface area contributed by atoms with Crippen LogP contribution in [-0.4, -0.2) is 16.1 Å². The summed E-state index contributed by atoms with van der Waals surface area (Å²) >= 11 is 1.88. The maximum atomic E-state index is 6.58. The lowest BCUT2D eigenvalue weighted by molar-refractivity contribution is 0.668. The molecule has 0 saturated carbocycles. The fraction of sp³-hybridized carbons (Fsp3) is 0.0847. The SMILES string of the molecule is C=C(N=C(N=C(C)c1ccccc1)C1C=CC=CC1)c1cccc(-c2cccc3oc4ccc(C5C=c6c(n(-c7ccccc7)c7cc8sc9ccccc9c8cc67)=CC5)cc4c23)c1. The molecular formula is C59H43N3OS. The standard InChI is InChI=1S/C59H43N3OS/c1-37(39-16-6-3-7-17-39)60-59(40-18-8-4-9-19-40)61-38(2)41-20-14-21-44(32-41)46-25-15-26-55-58(46)51-34-43(29-31-54(51)63-55)42-28-30-52-48(33-42)49-35-50-47-24-12-13-27-56(47)64-57(50)36-53(49)62(52)45-22-10-5-11-23-45/h3-18,20-27,29-36,40,42H,2,19,28H2,1H3. The third-order valence-electron chi connectivity index (χ3n) is 13.0. The van der Waals surface area contributed by atoms with Gasteiger partial charge in [-0.1, -0.05) is 146 Å². The van der Waals surface area contributed by atoms with E-state index >= 15 is 0 Å². The Morgan fingerprint density at radius 3 is 2.34 bits per heavy atom. The predicted octanol–water partition coefficient (Wildman–Crippen LogP) is 14.3. The quantitative estimate of drug-likeness (QED) is 0.116. The highest BCUT2D eigenvalue weighted by Gasteiger charge is 2.21. The molecule has 0 bridgehead atoms. The molecule has 0 aliphatic heterocycles. The third-order valence-corrected chi connectivity index (χ3v) is 14.1. The van der Waals surface area contributed by atoms with Crippen LogP contribution in [0.2, 0.25) is 0 Å². The lowest BCUT2D eigenvalue weighted by atomic mass is 9.90. The number of para-hydroxylation sites is 1. The number of aromatic nitrogens is 1. The van der Waals surface area contributed by atoms with Crippen molar-refractivity contribution in [1.82, 2.24) is 4.57 Å². The molecule has 10 aromatic rings. The maximum Gasteiger partial charge on any atom is 0.136 e. The lowest BCUT2D eigenvalue weighted by Crippen LogP contribution is -2.31. The Kier molecular flexibility index (Phi) is 9.31. The van der Waals surface area contributed by atoms with Crippen molar-refractivity contribution in [3.8, 4) is 16.8 Å². The largest absolute Gasteiger partial charge is 0.456 e. The molecule has 0 N–H and O–H groups in total. The van der Waals surface area contributed by atoms with E-state index in [-0.39, 0.29) is 11.8 Å². The van der Waals surface area contributed by atoms with Gasteiger partial charge in [0.2, 0.25) is 0 Å². The second kappa shape index (κ2) is 15.6. The summed E-state index contributed by atoms with van der Waals surface area (Å²) in [5, 5.41) is 8.72. The van der Waals surface area contributed by atoms with E-state index in [4.69, 9.17) is 14.4 Å². The molecule has 12 rings (SSSR count). The Bertz CT molecular complexity index is 3760. The van der Waals surface area contributed by atoms with E-state index in [2.05, 4.69) is 187 Å².